The number of nitrogens with zero attached hydrogens (tertiary/aromatic N) is 1. The maximum Gasteiger partial charge on any atom is 0.407 e. The molecule has 110 valence electrons. The van der Waals surface area contributed by atoms with E-state index in [1.807, 2.05) is 45.1 Å². The lowest BCUT2D eigenvalue weighted by Gasteiger charge is -2.19. The van der Waals surface area contributed by atoms with Crippen molar-refractivity contribution in [1.29, 1.82) is 0 Å². The van der Waals surface area contributed by atoms with E-state index in [1.165, 1.54) is 0 Å². The van der Waals surface area contributed by atoms with Crippen molar-refractivity contribution in [3.8, 4) is 5.88 Å². The van der Waals surface area contributed by atoms with Crippen molar-refractivity contribution in [2.24, 2.45) is 0 Å². The maximum atomic E-state index is 11.4. The second-order valence-electron chi connectivity index (χ2n) is 5.25. The maximum absolute atomic E-state index is 11.4. The van der Waals surface area contributed by atoms with Gasteiger partial charge in [-0.2, -0.15) is 0 Å². The Kier molecular flexibility index (Phi) is 6.03. The first kappa shape index (κ1) is 16.0. The van der Waals surface area contributed by atoms with Crippen LogP contribution in [0.3, 0.4) is 0 Å². The molecule has 5 heteroatoms. The van der Waals surface area contributed by atoms with Crippen LogP contribution in [0.1, 0.15) is 32.8 Å². The van der Waals surface area contributed by atoms with E-state index in [2.05, 4.69) is 10.3 Å². The predicted molar refractivity (Wildman–Crippen MR) is 78.7 cm³/mol. The highest BCUT2D eigenvalue weighted by Gasteiger charge is 2.15. The van der Waals surface area contributed by atoms with Crippen LogP contribution in [0.2, 0.25) is 0 Å². The molecule has 0 saturated carbocycles. The standard InChI is InChI=1S/C15H22N2O3/c1-15(2,3)20-14(18)17-9-6-5-7-12-8-10-16-13(11-12)19-4/h5,7-8,10-11H,6,9H2,1-4H3,(H,17,18). The van der Waals surface area contributed by atoms with Gasteiger partial charge in [-0.3, -0.25) is 0 Å². The molecule has 0 radical (unpaired) electrons. The minimum Gasteiger partial charge on any atom is -0.481 e. The zero-order valence-electron chi connectivity index (χ0n) is 12.5. The van der Waals surface area contributed by atoms with Gasteiger partial charge in [-0.25, -0.2) is 9.78 Å². The van der Waals surface area contributed by atoms with Gasteiger partial charge in [0.2, 0.25) is 5.88 Å². The summed E-state index contributed by atoms with van der Waals surface area (Å²) >= 11 is 0. The van der Waals surface area contributed by atoms with Crippen LogP contribution in [-0.2, 0) is 4.74 Å². The second kappa shape index (κ2) is 7.53. The first-order valence-corrected chi connectivity index (χ1v) is 6.54. The topological polar surface area (TPSA) is 60.5 Å². The molecule has 1 amide bonds. The van der Waals surface area contributed by atoms with E-state index < -0.39 is 11.7 Å². The first-order chi connectivity index (χ1) is 9.40. The van der Waals surface area contributed by atoms with E-state index in [-0.39, 0.29) is 0 Å². The fourth-order valence-electron chi connectivity index (χ4n) is 1.43. The lowest BCUT2D eigenvalue weighted by atomic mass is 10.2. The summed E-state index contributed by atoms with van der Waals surface area (Å²) in [5.74, 6) is 0.582. The molecule has 1 rings (SSSR count). The molecule has 20 heavy (non-hydrogen) atoms. The fourth-order valence-corrected chi connectivity index (χ4v) is 1.43. The zero-order valence-corrected chi connectivity index (χ0v) is 12.5. The third kappa shape index (κ3) is 6.78. The average Bonchev–Trinajstić information content (AvgIpc) is 2.36. The third-order valence-electron chi connectivity index (χ3n) is 2.26. The van der Waals surface area contributed by atoms with Gasteiger partial charge in [-0.15, -0.1) is 0 Å². The monoisotopic (exact) mass is 278 g/mol. The van der Waals surface area contributed by atoms with E-state index in [0.717, 1.165) is 12.0 Å². The second-order valence-corrected chi connectivity index (χ2v) is 5.25. The Balaban J connectivity index is 2.30. The van der Waals surface area contributed by atoms with Crippen LogP contribution >= 0.6 is 0 Å². The van der Waals surface area contributed by atoms with Gasteiger partial charge < -0.3 is 14.8 Å². The number of methoxy groups -OCH3 is 1. The molecule has 0 fully saturated rings. The highest BCUT2D eigenvalue weighted by molar-refractivity contribution is 5.67. The molecule has 0 aliphatic heterocycles. The molecule has 1 N–H and O–H groups in total. The van der Waals surface area contributed by atoms with Crippen LogP contribution in [0.15, 0.2) is 24.4 Å². The number of ether oxygens (including phenoxy) is 2. The van der Waals surface area contributed by atoms with Crippen LogP contribution in [-0.4, -0.2) is 30.3 Å². The lowest BCUT2D eigenvalue weighted by Crippen LogP contribution is -2.32. The number of hydrogen-bond acceptors (Lipinski definition) is 4. The molecule has 0 bridgehead atoms. The summed E-state index contributed by atoms with van der Waals surface area (Å²) in [4.78, 5) is 15.4. The van der Waals surface area contributed by atoms with Gasteiger partial charge >= 0.3 is 6.09 Å². The number of rotatable bonds is 5. The normalized spacial score (nSPS) is 11.4. The fraction of sp³-hybridized carbons (Fsp3) is 0.467. The van der Waals surface area contributed by atoms with Gasteiger partial charge in [0, 0.05) is 18.8 Å². The molecule has 1 heterocycles. The van der Waals surface area contributed by atoms with Gasteiger partial charge in [0.25, 0.3) is 0 Å². The molecule has 0 aromatic carbocycles. The number of pyridine rings is 1. The van der Waals surface area contributed by atoms with E-state index in [0.29, 0.717) is 12.4 Å². The van der Waals surface area contributed by atoms with Crippen LogP contribution in [0, 0.1) is 0 Å². The molecule has 1 aromatic heterocycles. The van der Waals surface area contributed by atoms with Crippen molar-refractivity contribution in [2.75, 3.05) is 13.7 Å². The minimum absolute atomic E-state index is 0.392. The molecule has 0 unspecified atom stereocenters. The number of aromatic nitrogens is 1. The van der Waals surface area contributed by atoms with E-state index >= 15 is 0 Å². The van der Waals surface area contributed by atoms with Gasteiger partial charge in [-0.1, -0.05) is 12.2 Å². The van der Waals surface area contributed by atoms with Gasteiger partial charge in [-0.05, 0) is 38.8 Å². The van der Waals surface area contributed by atoms with Crippen molar-refractivity contribution >= 4 is 12.2 Å². The number of hydrogen-bond donors (Lipinski definition) is 1. The number of nitrogens with one attached hydrogen (secondary N) is 1. The van der Waals surface area contributed by atoms with E-state index in [4.69, 9.17) is 9.47 Å². The molecular formula is C15H22N2O3. The van der Waals surface area contributed by atoms with E-state index in [9.17, 15) is 4.79 Å². The highest BCUT2D eigenvalue weighted by atomic mass is 16.6. The largest absolute Gasteiger partial charge is 0.481 e. The summed E-state index contributed by atoms with van der Waals surface area (Å²) in [6.07, 6.45) is 5.96. The Labute approximate surface area is 120 Å². The molecule has 0 saturated heterocycles. The minimum atomic E-state index is -0.465. The summed E-state index contributed by atoms with van der Waals surface area (Å²) in [6, 6.07) is 3.73. The molecule has 0 spiro atoms. The van der Waals surface area contributed by atoms with Gasteiger partial charge in [0.05, 0.1) is 7.11 Å². The third-order valence-corrected chi connectivity index (χ3v) is 2.26. The Hall–Kier alpha value is -2.04. The molecule has 0 aliphatic rings. The Morgan fingerprint density at radius 2 is 2.20 bits per heavy atom. The predicted octanol–water partition coefficient (Wildman–Crippen LogP) is 3.02. The summed E-state index contributed by atoms with van der Waals surface area (Å²) in [5, 5.41) is 2.70. The van der Waals surface area contributed by atoms with Crippen molar-refractivity contribution < 1.29 is 14.3 Å². The highest BCUT2D eigenvalue weighted by Crippen LogP contribution is 2.10. The number of amides is 1. The van der Waals surface area contributed by atoms with Crippen LogP contribution < -0.4 is 10.1 Å². The molecule has 5 nitrogen and oxygen atoms in total. The van der Waals surface area contributed by atoms with Crippen molar-refractivity contribution in [3.63, 3.8) is 0 Å². The Morgan fingerprint density at radius 3 is 2.85 bits per heavy atom. The Morgan fingerprint density at radius 1 is 1.45 bits per heavy atom. The van der Waals surface area contributed by atoms with Crippen molar-refractivity contribution in [3.05, 3.63) is 30.0 Å². The zero-order chi connectivity index (χ0) is 15.0. The summed E-state index contributed by atoms with van der Waals surface area (Å²) in [6.45, 7) is 6.05. The summed E-state index contributed by atoms with van der Waals surface area (Å²) in [5.41, 5.74) is 0.544. The number of carbonyl (C=O) groups excluding carboxylic acids is 1. The SMILES string of the molecule is COc1cc(C=CCCNC(=O)OC(C)(C)C)ccn1. The van der Waals surface area contributed by atoms with E-state index in [1.54, 1.807) is 13.3 Å². The van der Waals surface area contributed by atoms with Crippen LogP contribution in [0.4, 0.5) is 4.79 Å². The van der Waals surface area contributed by atoms with Crippen LogP contribution in [0.5, 0.6) is 5.88 Å². The lowest BCUT2D eigenvalue weighted by molar-refractivity contribution is 0.0529. The van der Waals surface area contributed by atoms with Gasteiger partial charge in [0.15, 0.2) is 0 Å². The summed E-state index contributed by atoms with van der Waals surface area (Å²) < 4.78 is 10.2. The smallest absolute Gasteiger partial charge is 0.407 e. The van der Waals surface area contributed by atoms with Crippen LogP contribution in [0.25, 0.3) is 6.08 Å². The van der Waals surface area contributed by atoms with Crippen molar-refractivity contribution in [1.82, 2.24) is 10.3 Å². The van der Waals surface area contributed by atoms with Crippen molar-refractivity contribution in [2.45, 2.75) is 32.8 Å². The molecule has 0 atom stereocenters. The molecule has 1 aromatic rings. The molecular weight excluding hydrogens is 256 g/mol. The molecule has 0 aliphatic carbocycles. The number of carbonyl (C=O) groups is 1. The summed E-state index contributed by atoms with van der Waals surface area (Å²) in [7, 11) is 1.58. The number of alkyl carbamates (subject to hydrolysis) is 1. The van der Waals surface area contributed by atoms with Gasteiger partial charge in [0.1, 0.15) is 5.60 Å². The first-order valence-electron chi connectivity index (χ1n) is 6.54. The average molecular weight is 278 g/mol. The Bertz CT molecular complexity index is 464. The quantitative estimate of drug-likeness (QED) is 0.841.